The lowest BCUT2D eigenvalue weighted by molar-refractivity contribution is 0.0956. The van der Waals surface area contributed by atoms with E-state index in [-0.39, 0.29) is 5.91 Å². The standard InChI is InChI=1S/C17H18ClNOS/c1-13-3-2-4-14(11-13)12-21-10-9-19-17(20)15-5-7-16(18)8-6-15/h2-8,11H,9-10,12H2,1H3,(H,19,20). The molecular formula is C17H18ClNOS. The summed E-state index contributed by atoms with van der Waals surface area (Å²) in [5, 5.41) is 3.55. The van der Waals surface area contributed by atoms with Crippen molar-refractivity contribution in [1.82, 2.24) is 5.32 Å². The van der Waals surface area contributed by atoms with E-state index < -0.39 is 0 Å². The van der Waals surface area contributed by atoms with E-state index in [9.17, 15) is 4.79 Å². The van der Waals surface area contributed by atoms with E-state index >= 15 is 0 Å². The topological polar surface area (TPSA) is 29.1 Å². The zero-order valence-corrected chi connectivity index (χ0v) is 13.5. The molecule has 2 nitrogen and oxygen atoms in total. The summed E-state index contributed by atoms with van der Waals surface area (Å²) in [6.45, 7) is 2.76. The fourth-order valence-corrected chi connectivity index (χ4v) is 2.86. The highest BCUT2D eigenvalue weighted by molar-refractivity contribution is 7.98. The second-order valence-electron chi connectivity index (χ2n) is 4.80. The number of nitrogens with one attached hydrogen (secondary N) is 1. The molecule has 0 aliphatic heterocycles. The van der Waals surface area contributed by atoms with Gasteiger partial charge in [0.1, 0.15) is 0 Å². The lowest BCUT2D eigenvalue weighted by Crippen LogP contribution is -2.25. The molecule has 0 aromatic heterocycles. The summed E-state index contributed by atoms with van der Waals surface area (Å²) in [5.41, 5.74) is 3.25. The largest absolute Gasteiger partial charge is 0.351 e. The molecule has 0 saturated carbocycles. The van der Waals surface area contributed by atoms with Gasteiger partial charge in [-0.2, -0.15) is 11.8 Å². The van der Waals surface area contributed by atoms with E-state index in [4.69, 9.17) is 11.6 Å². The van der Waals surface area contributed by atoms with E-state index in [0.29, 0.717) is 17.1 Å². The summed E-state index contributed by atoms with van der Waals surface area (Å²) in [7, 11) is 0. The maximum Gasteiger partial charge on any atom is 0.251 e. The van der Waals surface area contributed by atoms with E-state index in [1.54, 1.807) is 24.3 Å². The lowest BCUT2D eigenvalue weighted by Gasteiger charge is -2.06. The van der Waals surface area contributed by atoms with E-state index in [2.05, 4.69) is 36.5 Å². The highest BCUT2D eigenvalue weighted by Crippen LogP contribution is 2.13. The summed E-state index contributed by atoms with van der Waals surface area (Å²) in [4.78, 5) is 11.9. The van der Waals surface area contributed by atoms with Crippen LogP contribution in [0.15, 0.2) is 48.5 Å². The normalized spacial score (nSPS) is 10.4. The second kappa shape index (κ2) is 8.11. The molecule has 2 aromatic rings. The summed E-state index contributed by atoms with van der Waals surface area (Å²) in [5.74, 6) is 1.81. The summed E-state index contributed by atoms with van der Waals surface area (Å²) >= 11 is 7.62. The maximum absolute atomic E-state index is 11.9. The Hall–Kier alpha value is -1.45. The number of hydrogen-bond acceptors (Lipinski definition) is 2. The molecule has 2 rings (SSSR count). The number of thioether (sulfide) groups is 1. The predicted octanol–water partition coefficient (Wildman–Crippen LogP) is 4.31. The molecule has 0 fully saturated rings. The van der Waals surface area contributed by atoms with Crippen LogP contribution in [0.3, 0.4) is 0 Å². The number of amides is 1. The third-order valence-electron chi connectivity index (χ3n) is 2.99. The Balaban J connectivity index is 1.68. The number of aryl methyl sites for hydroxylation is 1. The quantitative estimate of drug-likeness (QED) is 0.804. The van der Waals surface area contributed by atoms with Gasteiger partial charge in [0.2, 0.25) is 0 Å². The first kappa shape index (κ1) is 15.9. The van der Waals surface area contributed by atoms with Crippen LogP contribution in [-0.2, 0) is 5.75 Å². The van der Waals surface area contributed by atoms with E-state index in [0.717, 1.165) is 11.5 Å². The van der Waals surface area contributed by atoms with Gasteiger partial charge >= 0.3 is 0 Å². The number of carbonyl (C=O) groups is 1. The Morgan fingerprint density at radius 1 is 1.19 bits per heavy atom. The van der Waals surface area contributed by atoms with Gasteiger partial charge in [-0.25, -0.2) is 0 Å². The van der Waals surface area contributed by atoms with Crippen molar-refractivity contribution in [2.24, 2.45) is 0 Å². The molecule has 21 heavy (non-hydrogen) atoms. The zero-order valence-electron chi connectivity index (χ0n) is 11.9. The average molecular weight is 320 g/mol. The van der Waals surface area contributed by atoms with Crippen LogP contribution in [0, 0.1) is 6.92 Å². The van der Waals surface area contributed by atoms with Gasteiger partial charge in [-0.1, -0.05) is 41.4 Å². The molecule has 0 aliphatic rings. The Morgan fingerprint density at radius 2 is 1.95 bits per heavy atom. The third-order valence-corrected chi connectivity index (χ3v) is 4.27. The molecule has 0 aliphatic carbocycles. The van der Waals surface area contributed by atoms with Crippen LogP contribution in [0.4, 0.5) is 0 Å². The molecule has 0 heterocycles. The van der Waals surface area contributed by atoms with Crippen LogP contribution >= 0.6 is 23.4 Å². The number of hydrogen-bond donors (Lipinski definition) is 1. The van der Waals surface area contributed by atoms with Gasteiger partial charge in [-0.3, -0.25) is 4.79 Å². The SMILES string of the molecule is Cc1cccc(CSCCNC(=O)c2ccc(Cl)cc2)c1. The highest BCUT2D eigenvalue weighted by atomic mass is 35.5. The summed E-state index contributed by atoms with van der Waals surface area (Å²) < 4.78 is 0. The minimum Gasteiger partial charge on any atom is -0.351 e. The van der Waals surface area contributed by atoms with Crippen LogP contribution in [0.25, 0.3) is 0 Å². The van der Waals surface area contributed by atoms with Crippen LogP contribution in [0.1, 0.15) is 21.5 Å². The van der Waals surface area contributed by atoms with E-state index in [1.807, 2.05) is 11.8 Å². The van der Waals surface area contributed by atoms with E-state index in [1.165, 1.54) is 11.1 Å². The fourth-order valence-electron chi connectivity index (χ4n) is 1.93. The molecule has 0 saturated heterocycles. The van der Waals surface area contributed by atoms with Gasteiger partial charge < -0.3 is 5.32 Å². The maximum atomic E-state index is 11.9. The van der Waals surface area contributed by atoms with Crippen molar-refractivity contribution in [3.8, 4) is 0 Å². The van der Waals surface area contributed by atoms with Gasteiger partial charge in [0.25, 0.3) is 5.91 Å². The second-order valence-corrected chi connectivity index (χ2v) is 6.35. The van der Waals surface area contributed by atoms with Gasteiger partial charge in [0.15, 0.2) is 0 Å². The molecule has 0 spiro atoms. The Kier molecular flexibility index (Phi) is 6.15. The van der Waals surface area contributed by atoms with Crippen molar-refractivity contribution in [2.45, 2.75) is 12.7 Å². The van der Waals surface area contributed by atoms with Crippen LogP contribution in [0.2, 0.25) is 5.02 Å². The number of halogens is 1. The summed E-state index contributed by atoms with van der Waals surface area (Å²) in [6.07, 6.45) is 0. The molecule has 0 radical (unpaired) electrons. The number of carbonyl (C=O) groups excluding carboxylic acids is 1. The molecule has 0 bridgehead atoms. The van der Waals surface area contributed by atoms with Crippen LogP contribution in [0.5, 0.6) is 0 Å². The Labute approximate surface area is 134 Å². The predicted molar refractivity (Wildman–Crippen MR) is 91.1 cm³/mol. The smallest absolute Gasteiger partial charge is 0.251 e. The number of benzene rings is 2. The number of rotatable bonds is 6. The highest BCUT2D eigenvalue weighted by Gasteiger charge is 2.04. The summed E-state index contributed by atoms with van der Waals surface area (Å²) in [6, 6.07) is 15.4. The van der Waals surface area contributed by atoms with Gasteiger partial charge in [-0.15, -0.1) is 0 Å². The fraction of sp³-hybridized carbons (Fsp3) is 0.235. The lowest BCUT2D eigenvalue weighted by atomic mass is 10.2. The van der Waals surface area contributed by atoms with Crippen LogP contribution in [-0.4, -0.2) is 18.2 Å². The van der Waals surface area contributed by atoms with Crippen LogP contribution < -0.4 is 5.32 Å². The van der Waals surface area contributed by atoms with Gasteiger partial charge in [0, 0.05) is 28.6 Å². The van der Waals surface area contributed by atoms with Crippen molar-refractivity contribution in [2.75, 3.05) is 12.3 Å². The minimum absolute atomic E-state index is 0.0529. The molecular weight excluding hydrogens is 302 g/mol. The average Bonchev–Trinajstić information content (AvgIpc) is 2.47. The van der Waals surface area contributed by atoms with Gasteiger partial charge in [0.05, 0.1) is 0 Å². The molecule has 4 heteroatoms. The van der Waals surface area contributed by atoms with Crippen molar-refractivity contribution in [1.29, 1.82) is 0 Å². The Morgan fingerprint density at radius 3 is 2.67 bits per heavy atom. The van der Waals surface area contributed by atoms with Crippen molar-refractivity contribution < 1.29 is 4.79 Å². The first-order valence-electron chi connectivity index (χ1n) is 6.82. The molecule has 0 unspecified atom stereocenters. The third kappa shape index (κ3) is 5.44. The first-order chi connectivity index (χ1) is 10.1. The minimum atomic E-state index is -0.0529. The molecule has 110 valence electrons. The van der Waals surface area contributed by atoms with Gasteiger partial charge in [-0.05, 0) is 36.8 Å². The zero-order chi connectivity index (χ0) is 15.1. The molecule has 2 aromatic carbocycles. The Bertz CT molecular complexity index is 598. The molecule has 0 atom stereocenters. The first-order valence-corrected chi connectivity index (χ1v) is 8.35. The molecule has 1 amide bonds. The van der Waals surface area contributed by atoms with Crippen molar-refractivity contribution >= 4 is 29.3 Å². The monoisotopic (exact) mass is 319 g/mol. The van der Waals surface area contributed by atoms with Crippen molar-refractivity contribution in [3.63, 3.8) is 0 Å². The van der Waals surface area contributed by atoms with Crippen molar-refractivity contribution in [3.05, 3.63) is 70.2 Å². The molecule has 1 N–H and O–H groups in total.